The van der Waals surface area contributed by atoms with E-state index in [1.54, 1.807) is 6.20 Å². The van der Waals surface area contributed by atoms with Crippen LogP contribution < -0.4 is 0 Å². The number of imidazole rings is 1. The third-order valence-electron chi connectivity index (χ3n) is 3.43. The van der Waals surface area contributed by atoms with Gasteiger partial charge >= 0.3 is 0 Å². The lowest BCUT2D eigenvalue weighted by Gasteiger charge is -2.07. The average molecular weight is 275 g/mol. The normalized spacial score (nSPS) is 11.1. The number of benzene rings is 2. The van der Waals surface area contributed by atoms with E-state index in [9.17, 15) is 0 Å². The van der Waals surface area contributed by atoms with Gasteiger partial charge in [0.2, 0.25) is 0 Å². The Labute approximate surface area is 121 Å². The van der Waals surface area contributed by atoms with Crippen LogP contribution in [0.5, 0.6) is 0 Å². The van der Waals surface area contributed by atoms with Gasteiger partial charge in [-0.25, -0.2) is 9.97 Å². The molecule has 0 atom stereocenters. The number of aromatic nitrogens is 3. The molecule has 0 amide bonds. The maximum Gasteiger partial charge on any atom is 0.192 e. The van der Waals surface area contributed by atoms with Gasteiger partial charge in [-0.05, 0) is 30.3 Å². The second-order valence-corrected chi connectivity index (χ2v) is 4.87. The summed E-state index contributed by atoms with van der Waals surface area (Å²) in [4.78, 5) is 8.80. The number of hydrogen-bond donors (Lipinski definition) is 0. The van der Waals surface area contributed by atoms with E-state index in [4.69, 9.17) is 4.42 Å². The van der Waals surface area contributed by atoms with Crippen LogP contribution in [-0.4, -0.2) is 14.5 Å². The Hall–Kier alpha value is -2.88. The molecule has 0 aliphatic heterocycles. The van der Waals surface area contributed by atoms with Crippen LogP contribution in [0.3, 0.4) is 0 Å². The standard InChI is InChI=1S/C17H13N3O/c1-12-19-15-8-7-13(11-16(15)21-12)17-18-9-10-20(17)14-5-3-2-4-6-14/h2-11H,1H3. The van der Waals surface area contributed by atoms with Gasteiger partial charge < -0.3 is 4.42 Å². The molecule has 0 saturated carbocycles. The van der Waals surface area contributed by atoms with Crippen LogP contribution in [0.1, 0.15) is 5.89 Å². The van der Waals surface area contributed by atoms with E-state index in [1.165, 1.54) is 0 Å². The van der Waals surface area contributed by atoms with E-state index in [0.29, 0.717) is 5.89 Å². The zero-order valence-corrected chi connectivity index (χ0v) is 11.5. The zero-order chi connectivity index (χ0) is 14.2. The number of oxazole rings is 1. The monoisotopic (exact) mass is 275 g/mol. The zero-order valence-electron chi connectivity index (χ0n) is 11.5. The summed E-state index contributed by atoms with van der Waals surface area (Å²) < 4.78 is 7.66. The van der Waals surface area contributed by atoms with E-state index in [2.05, 4.69) is 26.7 Å². The molecule has 4 aromatic rings. The number of rotatable bonds is 2. The van der Waals surface area contributed by atoms with Crippen LogP contribution in [0.15, 0.2) is 65.3 Å². The van der Waals surface area contributed by atoms with Crippen LogP contribution in [0.2, 0.25) is 0 Å². The highest BCUT2D eigenvalue weighted by Gasteiger charge is 2.10. The lowest BCUT2D eigenvalue weighted by Crippen LogP contribution is -1.95. The average Bonchev–Trinajstić information content (AvgIpc) is 3.12. The Morgan fingerprint density at radius 2 is 1.90 bits per heavy atom. The summed E-state index contributed by atoms with van der Waals surface area (Å²) >= 11 is 0. The Kier molecular flexibility index (Phi) is 2.60. The summed E-state index contributed by atoms with van der Waals surface area (Å²) in [5.41, 5.74) is 3.74. The van der Waals surface area contributed by atoms with Gasteiger partial charge in [0.05, 0.1) is 0 Å². The molecule has 0 spiro atoms. The topological polar surface area (TPSA) is 43.9 Å². The summed E-state index contributed by atoms with van der Waals surface area (Å²) in [5.74, 6) is 1.56. The van der Waals surface area contributed by atoms with E-state index >= 15 is 0 Å². The molecule has 2 heterocycles. The van der Waals surface area contributed by atoms with Gasteiger partial charge in [-0.2, -0.15) is 0 Å². The number of hydrogen-bond acceptors (Lipinski definition) is 3. The van der Waals surface area contributed by atoms with Crippen molar-refractivity contribution in [3.8, 4) is 17.1 Å². The molecule has 2 aromatic carbocycles. The summed E-state index contributed by atoms with van der Waals surface area (Å²) in [6.45, 7) is 1.85. The summed E-state index contributed by atoms with van der Waals surface area (Å²) in [6.07, 6.45) is 3.76. The van der Waals surface area contributed by atoms with Crippen LogP contribution in [0, 0.1) is 6.92 Å². The second-order valence-electron chi connectivity index (χ2n) is 4.87. The summed E-state index contributed by atoms with van der Waals surface area (Å²) in [6, 6.07) is 16.1. The number of fused-ring (bicyclic) bond motifs is 1. The fourth-order valence-corrected chi connectivity index (χ4v) is 2.49. The first-order valence-corrected chi connectivity index (χ1v) is 6.77. The third kappa shape index (κ3) is 2.01. The molecule has 21 heavy (non-hydrogen) atoms. The van der Waals surface area contributed by atoms with E-state index in [1.807, 2.05) is 49.5 Å². The minimum Gasteiger partial charge on any atom is -0.441 e. The molecule has 0 N–H and O–H groups in total. The Morgan fingerprint density at radius 3 is 2.76 bits per heavy atom. The largest absolute Gasteiger partial charge is 0.441 e. The second kappa shape index (κ2) is 4.59. The molecule has 0 saturated heterocycles. The minimum absolute atomic E-state index is 0.675. The van der Waals surface area contributed by atoms with Crippen molar-refractivity contribution < 1.29 is 4.42 Å². The molecule has 0 unspecified atom stereocenters. The van der Waals surface area contributed by atoms with E-state index < -0.39 is 0 Å². The predicted molar refractivity (Wildman–Crippen MR) is 81.3 cm³/mol. The van der Waals surface area contributed by atoms with Crippen molar-refractivity contribution in [2.75, 3.05) is 0 Å². The lowest BCUT2D eigenvalue weighted by molar-refractivity contribution is 0.561. The number of para-hydroxylation sites is 1. The number of aryl methyl sites for hydroxylation is 1. The highest BCUT2D eigenvalue weighted by Crippen LogP contribution is 2.25. The van der Waals surface area contributed by atoms with Crippen molar-refractivity contribution in [3.63, 3.8) is 0 Å². The predicted octanol–water partition coefficient (Wildman–Crippen LogP) is 3.99. The van der Waals surface area contributed by atoms with Gasteiger partial charge in [0, 0.05) is 30.6 Å². The Bertz CT molecular complexity index is 906. The van der Waals surface area contributed by atoms with Crippen molar-refractivity contribution in [3.05, 3.63) is 66.8 Å². The number of nitrogens with zero attached hydrogens (tertiary/aromatic N) is 3. The lowest BCUT2D eigenvalue weighted by atomic mass is 10.2. The summed E-state index contributed by atoms with van der Waals surface area (Å²) in [7, 11) is 0. The molecular weight excluding hydrogens is 262 g/mol. The molecule has 0 bridgehead atoms. The van der Waals surface area contributed by atoms with Gasteiger partial charge in [0.1, 0.15) is 11.3 Å². The molecule has 102 valence electrons. The quantitative estimate of drug-likeness (QED) is 0.555. The fourth-order valence-electron chi connectivity index (χ4n) is 2.49. The van der Waals surface area contributed by atoms with Crippen molar-refractivity contribution in [1.29, 1.82) is 0 Å². The van der Waals surface area contributed by atoms with Gasteiger partial charge in [-0.15, -0.1) is 0 Å². The van der Waals surface area contributed by atoms with Gasteiger partial charge in [-0.1, -0.05) is 18.2 Å². The molecule has 0 radical (unpaired) electrons. The highest BCUT2D eigenvalue weighted by molar-refractivity contribution is 5.79. The molecular formula is C17H13N3O. The Balaban J connectivity index is 1.87. The van der Waals surface area contributed by atoms with Crippen LogP contribution in [0.25, 0.3) is 28.2 Å². The fraction of sp³-hybridized carbons (Fsp3) is 0.0588. The van der Waals surface area contributed by atoms with E-state index in [-0.39, 0.29) is 0 Å². The maximum atomic E-state index is 5.60. The van der Waals surface area contributed by atoms with Gasteiger partial charge in [0.25, 0.3) is 0 Å². The Morgan fingerprint density at radius 1 is 1.05 bits per heavy atom. The van der Waals surface area contributed by atoms with E-state index in [0.717, 1.165) is 28.2 Å². The van der Waals surface area contributed by atoms with Crippen molar-refractivity contribution in [1.82, 2.24) is 14.5 Å². The smallest absolute Gasteiger partial charge is 0.192 e. The SMILES string of the molecule is Cc1nc2ccc(-c3nccn3-c3ccccc3)cc2o1. The van der Waals surface area contributed by atoms with Crippen LogP contribution in [0.4, 0.5) is 0 Å². The molecule has 0 fully saturated rings. The maximum absolute atomic E-state index is 5.60. The third-order valence-corrected chi connectivity index (χ3v) is 3.43. The first-order chi connectivity index (χ1) is 10.3. The van der Waals surface area contributed by atoms with Crippen LogP contribution >= 0.6 is 0 Å². The molecule has 4 nitrogen and oxygen atoms in total. The molecule has 0 aliphatic rings. The minimum atomic E-state index is 0.675. The van der Waals surface area contributed by atoms with Crippen molar-refractivity contribution >= 4 is 11.1 Å². The van der Waals surface area contributed by atoms with Crippen molar-refractivity contribution in [2.45, 2.75) is 6.92 Å². The first kappa shape index (κ1) is 11.9. The molecule has 0 aliphatic carbocycles. The molecule has 4 heteroatoms. The van der Waals surface area contributed by atoms with Gasteiger partial charge in [0.15, 0.2) is 11.5 Å². The summed E-state index contributed by atoms with van der Waals surface area (Å²) in [5, 5.41) is 0. The first-order valence-electron chi connectivity index (χ1n) is 6.77. The molecule has 2 aromatic heterocycles. The van der Waals surface area contributed by atoms with Crippen molar-refractivity contribution in [2.24, 2.45) is 0 Å². The molecule has 4 rings (SSSR count). The van der Waals surface area contributed by atoms with Crippen LogP contribution in [-0.2, 0) is 0 Å². The highest BCUT2D eigenvalue weighted by atomic mass is 16.3. The van der Waals surface area contributed by atoms with Gasteiger partial charge in [-0.3, -0.25) is 4.57 Å².